The predicted octanol–water partition coefficient (Wildman–Crippen LogP) is 3.27. The summed E-state index contributed by atoms with van der Waals surface area (Å²) >= 11 is 0. The van der Waals surface area contributed by atoms with Crippen LogP contribution in [0.5, 0.6) is 5.75 Å². The van der Waals surface area contributed by atoms with E-state index in [-0.39, 0.29) is 5.60 Å². The summed E-state index contributed by atoms with van der Waals surface area (Å²) in [5.74, 6) is 0.961. The van der Waals surface area contributed by atoms with Crippen LogP contribution in [0.15, 0.2) is 48.8 Å². The Morgan fingerprint density at radius 1 is 1.05 bits per heavy atom. The van der Waals surface area contributed by atoms with Crippen molar-refractivity contribution in [3.8, 4) is 16.9 Å². The lowest BCUT2D eigenvalue weighted by Crippen LogP contribution is -2.43. The molecular formula is C17H20N2O. The van der Waals surface area contributed by atoms with Crippen molar-refractivity contribution in [2.24, 2.45) is 0 Å². The first kappa shape index (κ1) is 13.1. The van der Waals surface area contributed by atoms with Crippen LogP contribution in [-0.4, -0.2) is 23.7 Å². The molecular weight excluding hydrogens is 248 g/mol. The molecule has 2 heterocycles. The van der Waals surface area contributed by atoms with Gasteiger partial charge in [0, 0.05) is 18.0 Å². The molecule has 1 aliphatic rings. The van der Waals surface area contributed by atoms with E-state index in [1.54, 1.807) is 0 Å². The molecule has 1 fully saturated rings. The molecule has 0 unspecified atom stereocenters. The highest BCUT2D eigenvalue weighted by Crippen LogP contribution is 2.34. The molecule has 0 aliphatic carbocycles. The van der Waals surface area contributed by atoms with E-state index in [1.165, 1.54) is 0 Å². The molecule has 3 heteroatoms. The molecule has 20 heavy (non-hydrogen) atoms. The van der Waals surface area contributed by atoms with Gasteiger partial charge in [-0.3, -0.25) is 4.98 Å². The highest BCUT2D eigenvalue weighted by atomic mass is 16.5. The minimum Gasteiger partial charge on any atom is -0.487 e. The topological polar surface area (TPSA) is 34.1 Å². The molecule has 2 aromatic rings. The molecule has 0 saturated carbocycles. The maximum atomic E-state index is 6.37. The Morgan fingerprint density at radius 2 is 1.75 bits per heavy atom. The molecule has 0 atom stereocenters. The van der Waals surface area contributed by atoms with Crippen molar-refractivity contribution in [1.82, 2.24) is 10.3 Å². The Labute approximate surface area is 120 Å². The average molecular weight is 268 g/mol. The summed E-state index contributed by atoms with van der Waals surface area (Å²) in [7, 11) is 0. The van der Waals surface area contributed by atoms with E-state index >= 15 is 0 Å². The number of pyridine rings is 1. The van der Waals surface area contributed by atoms with E-state index in [0.717, 1.165) is 42.8 Å². The molecule has 0 radical (unpaired) electrons. The van der Waals surface area contributed by atoms with Gasteiger partial charge in [0.2, 0.25) is 0 Å². The minimum atomic E-state index is -0.0750. The van der Waals surface area contributed by atoms with Gasteiger partial charge in [-0.05, 0) is 56.6 Å². The van der Waals surface area contributed by atoms with Gasteiger partial charge in [-0.1, -0.05) is 18.2 Å². The SMILES string of the molecule is CC1(Oc2ccccc2-c2ccncc2)CCNCC1. The van der Waals surface area contributed by atoms with E-state index in [9.17, 15) is 0 Å². The Hall–Kier alpha value is -1.87. The fraction of sp³-hybridized carbons (Fsp3) is 0.353. The van der Waals surface area contributed by atoms with Gasteiger partial charge in [0.05, 0.1) is 0 Å². The summed E-state index contributed by atoms with van der Waals surface area (Å²) in [5.41, 5.74) is 2.21. The van der Waals surface area contributed by atoms with Crippen LogP contribution in [0.4, 0.5) is 0 Å². The number of benzene rings is 1. The number of para-hydroxylation sites is 1. The Bertz CT molecular complexity index is 562. The number of rotatable bonds is 3. The van der Waals surface area contributed by atoms with Crippen molar-refractivity contribution in [2.45, 2.75) is 25.4 Å². The van der Waals surface area contributed by atoms with Crippen molar-refractivity contribution >= 4 is 0 Å². The van der Waals surface area contributed by atoms with Crippen LogP contribution in [0.25, 0.3) is 11.1 Å². The summed E-state index contributed by atoms with van der Waals surface area (Å²) in [6.07, 6.45) is 5.71. The number of nitrogens with one attached hydrogen (secondary N) is 1. The summed E-state index contributed by atoms with van der Waals surface area (Å²) < 4.78 is 6.37. The van der Waals surface area contributed by atoms with Crippen LogP contribution in [0.1, 0.15) is 19.8 Å². The van der Waals surface area contributed by atoms with Gasteiger partial charge in [0.25, 0.3) is 0 Å². The average Bonchev–Trinajstić information content (AvgIpc) is 2.49. The number of hydrogen-bond donors (Lipinski definition) is 1. The number of hydrogen-bond acceptors (Lipinski definition) is 3. The van der Waals surface area contributed by atoms with Crippen LogP contribution in [0, 0.1) is 0 Å². The molecule has 0 amide bonds. The van der Waals surface area contributed by atoms with Crippen LogP contribution in [0.2, 0.25) is 0 Å². The summed E-state index contributed by atoms with van der Waals surface area (Å²) in [6, 6.07) is 12.3. The largest absolute Gasteiger partial charge is 0.487 e. The maximum absolute atomic E-state index is 6.37. The van der Waals surface area contributed by atoms with Gasteiger partial charge in [-0.2, -0.15) is 0 Å². The van der Waals surface area contributed by atoms with Crippen LogP contribution in [-0.2, 0) is 0 Å². The highest BCUT2D eigenvalue weighted by molar-refractivity contribution is 5.69. The zero-order valence-corrected chi connectivity index (χ0v) is 11.8. The number of piperidine rings is 1. The lowest BCUT2D eigenvalue weighted by atomic mass is 9.94. The first-order valence-electron chi connectivity index (χ1n) is 7.16. The second-order valence-electron chi connectivity index (χ2n) is 5.53. The van der Waals surface area contributed by atoms with Gasteiger partial charge in [0.15, 0.2) is 0 Å². The number of ether oxygens (including phenoxy) is 1. The fourth-order valence-corrected chi connectivity index (χ4v) is 2.65. The zero-order chi connectivity index (χ0) is 13.8. The second-order valence-corrected chi connectivity index (χ2v) is 5.53. The third-order valence-electron chi connectivity index (χ3n) is 3.90. The molecule has 1 aliphatic heterocycles. The quantitative estimate of drug-likeness (QED) is 0.927. The van der Waals surface area contributed by atoms with Gasteiger partial charge < -0.3 is 10.1 Å². The Balaban J connectivity index is 1.90. The number of nitrogens with zero attached hydrogens (tertiary/aromatic N) is 1. The summed E-state index contributed by atoms with van der Waals surface area (Å²) in [4.78, 5) is 4.08. The van der Waals surface area contributed by atoms with Crippen LogP contribution >= 0.6 is 0 Å². The number of aromatic nitrogens is 1. The molecule has 104 valence electrons. The van der Waals surface area contributed by atoms with E-state index in [4.69, 9.17) is 4.74 Å². The third-order valence-corrected chi connectivity index (χ3v) is 3.90. The fourth-order valence-electron chi connectivity index (χ4n) is 2.65. The van der Waals surface area contributed by atoms with Gasteiger partial charge >= 0.3 is 0 Å². The standard InChI is InChI=1S/C17H20N2O/c1-17(8-12-19-13-9-17)20-16-5-3-2-4-15(16)14-6-10-18-11-7-14/h2-7,10-11,19H,8-9,12-13H2,1H3. The third kappa shape index (κ3) is 2.83. The lowest BCUT2D eigenvalue weighted by Gasteiger charge is -2.35. The molecule has 1 aromatic heterocycles. The molecule has 3 rings (SSSR count). The van der Waals surface area contributed by atoms with Crippen LogP contribution < -0.4 is 10.1 Å². The maximum Gasteiger partial charge on any atom is 0.127 e. The van der Waals surface area contributed by atoms with Crippen LogP contribution in [0.3, 0.4) is 0 Å². The van der Waals surface area contributed by atoms with E-state index in [0.29, 0.717) is 0 Å². The molecule has 0 bridgehead atoms. The monoisotopic (exact) mass is 268 g/mol. The van der Waals surface area contributed by atoms with Crippen molar-refractivity contribution in [3.63, 3.8) is 0 Å². The molecule has 1 aromatic carbocycles. The summed E-state index contributed by atoms with van der Waals surface area (Å²) in [6.45, 7) is 4.25. The van der Waals surface area contributed by atoms with Crippen molar-refractivity contribution in [3.05, 3.63) is 48.8 Å². The lowest BCUT2D eigenvalue weighted by molar-refractivity contribution is 0.0562. The Kier molecular flexibility index (Phi) is 3.70. The van der Waals surface area contributed by atoms with E-state index < -0.39 is 0 Å². The van der Waals surface area contributed by atoms with Crippen molar-refractivity contribution in [1.29, 1.82) is 0 Å². The molecule has 1 N–H and O–H groups in total. The van der Waals surface area contributed by atoms with Crippen molar-refractivity contribution in [2.75, 3.05) is 13.1 Å². The predicted molar refractivity (Wildman–Crippen MR) is 80.8 cm³/mol. The van der Waals surface area contributed by atoms with Crippen molar-refractivity contribution < 1.29 is 4.74 Å². The normalized spacial score (nSPS) is 17.6. The smallest absolute Gasteiger partial charge is 0.127 e. The zero-order valence-electron chi connectivity index (χ0n) is 11.8. The molecule has 1 saturated heterocycles. The Morgan fingerprint density at radius 3 is 2.50 bits per heavy atom. The molecule has 3 nitrogen and oxygen atoms in total. The summed E-state index contributed by atoms with van der Waals surface area (Å²) in [5, 5.41) is 3.38. The highest BCUT2D eigenvalue weighted by Gasteiger charge is 2.29. The van der Waals surface area contributed by atoms with E-state index in [2.05, 4.69) is 29.4 Å². The van der Waals surface area contributed by atoms with Gasteiger partial charge in [0.1, 0.15) is 11.4 Å². The second kappa shape index (κ2) is 5.63. The van der Waals surface area contributed by atoms with Gasteiger partial charge in [-0.15, -0.1) is 0 Å². The first-order chi connectivity index (χ1) is 9.77. The van der Waals surface area contributed by atoms with Gasteiger partial charge in [-0.25, -0.2) is 0 Å². The minimum absolute atomic E-state index is 0.0750. The first-order valence-corrected chi connectivity index (χ1v) is 7.16. The molecule has 0 spiro atoms. The van der Waals surface area contributed by atoms with E-state index in [1.807, 2.05) is 36.7 Å².